The molecule has 3 amide bonds. The third kappa shape index (κ3) is 9.61. The van der Waals surface area contributed by atoms with Crippen molar-refractivity contribution in [1.82, 2.24) is 10.3 Å². The van der Waals surface area contributed by atoms with Gasteiger partial charge < -0.3 is 46.7 Å². The lowest BCUT2D eigenvalue weighted by Crippen LogP contribution is -2.28. The highest BCUT2D eigenvalue weighted by Crippen LogP contribution is 2.39. The summed E-state index contributed by atoms with van der Waals surface area (Å²) in [4.78, 5) is 41.8. The molecule has 0 radical (unpaired) electrons. The summed E-state index contributed by atoms with van der Waals surface area (Å²) in [6.45, 7) is 2.31. The Balaban J connectivity index is 0.972. The first-order valence-corrected chi connectivity index (χ1v) is 20.9. The van der Waals surface area contributed by atoms with Crippen molar-refractivity contribution in [1.29, 1.82) is 0 Å². The van der Waals surface area contributed by atoms with E-state index in [4.69, 9.17) is 15.2 Å². The highest BCUT2D eigenvalue weighted by molar-refractivity contribution is 7.91. The number of amides is 3. The Morgan fingerprint density at radius 2 is 1.79 bits per heavy atom. The molecule has 0 bridgehead atoms. The highest BCUT2D eigenvalue weighted by atomic mass is 32.2. The van der Waals surface area contributed by atoms with Crippen molar-refractivity contribution in [3.8, 4) is 29.1 Å². The maximum atomic E-state index is 14.1. The zero-order valence-corrected chi connectivity index (χ0v) is 34.4. The Kier molecular flexibility index (Phi) is 12.7. The van der Waals surface area contributed by atoms with Crippen molar-refractivity contribution >= 4 is 61.2 Å². The topological polar surface area (TPSA) is 231 Å². The second-order valence-corrected chi connectivity index (χ2v) is 16.3. The standard InChI is InChI=1S/C46H42N6O9S/c1-27-18-35(23-37-42(27)49-24-38(45(47)56)43(37)50-31-10-7-11-33(20-31)60-2)62(58,59)34-12-6-9-29(19-34)46(57)51-30-15-13-28(14-16-30)8-4-3-5-17-48-25-40(54)36-21-32(53)22-39-44(36)61-26-41(55)52-39/h6-7,9-16,18-24,40,48,53-54H,3,5,17,25-26H2,1-2H3,(H2,47,56)(H,49,50)(H,51,57)(H,52,55)/t40-/m0/s1. The van der Waals surface area contributed by atoms with Crippen LogP contribution in [-0.4, -0.2) is 68.1 Å². The number of fused-ring (bicyclic) bond motifs is 2. The number of nitrogens with two attached hydrogens (primary N) is 1. The smallest absolute Gasteiger partial charge is 0.262 e. The molecule has 7 rings (SSSR count). The van der Waals surface area contributed by atoms with Crippen molar-refractivity contribution in [2.45, 2.75) is 35.7 Å². The lowest BCUT2D eigenvalue weighted by molar-refractivity contribution is -0.118. The number of sulfone groups is 1. The van der Waals surface area contributed by atoms with Crippen molar-refractivity contribution in [2.75, 3.05) is 42.8 Å². The van der Waals surface area contributed by atoms with E-state index in [2.05, 4.69) is 38.1 Å². The van der Waals surface area contributed by atoms with Gasteiger partial charge in [-0.15, -0.1) is 0 Å². The number of anilines is 4. The van der Waals surface area contributed by atoms with Crippen LogP contribution in [0.4, 0.5) is 22.7 Å². The van der Waals surface area contributed by atoms with E-state index < -0.39 is 27.8 Å². The van der Waals surface area contributed by atoms with E-state index in [-0.39, 0.29) is 51.4 Å². The second-order valence-electron chi connectivity index (χ2n) is 14.3. The number of hydrogen-bond donors (Lipinski definition) is 7. The summed E-state index contributed by atoms with van der Waals surface area (Å²) in [6, 6.07) is 25.4. The lowest BCUT2D eigenvalue weighted by Gasteiger charge is -2.23. The fourth-order valence-corrected chi connectivity index (χ4v) is 8.24. The van der Waals surface area contributed by atoms with Gasteiger partial charge in [0.1, 0.15) is 17.2 Å². The summed E-state index contributed by atoms with van der Waals surface area (Å²) in [5, 5.41) is 32.9. The van der Waals surface area contributed by atoms with Crippen LogP contribution in [-0.2, 0) is 14.6 Å². The number of carbonyl (C=O) groups excluding carboxylic acids is 3. The van der Waals surface area contributed by atoms with Crippen LogP contribution >= 0.6 is 0 Å². The summed E-state index contributed by atoms with van der Waals surface area (Å²) < 4.78 is 39.1. The summed E-state index contributed by atoms with van der Waals surface area (Å²) in [7, 11) is -2.66. The molecule has 62 heavy (non-hydrogen) atoms. The number of carbonyl (C=O) groups is 3. The number of ether oxygens (including phenoxy) is 2. The predicted octanol–water partition coefficient (Wildman–Crippen LogP) is 5.97. The molecule has 15 nitrogen and oxygen atoms in total. The minimum absolute atomic E-state index is 0.0629. The number of hydrogen-bond acceptors (Lipinski definition) is 12. The Labute approximate surface area is 357 Å². The number of unbranched alkanes of at least 4 members (excludes halogenated alkanes) is 1. The van der Waals surface area contributed by atoms with E-state index >= 15 is 0 Å². The average molecular weight is 855 g/mol. The minimum atomic E-state index is -4.19. The van der Waals surface area contributed by atoms with Crippen LogP contribution in [0.15, 0.2) is 113 Å². The van der Waals surface area contributed by atoms with Gasteiger partial charge in [0, 0.05) is 64.7 Å². The van der Waals surface area contributed by atoms with Crippen molar-refractivity contribution in [2.24, 2.45) is 5.73 Å². The van der Waals surface area contributed by atoms with Crippen LogP contribution in [0.1, 0.15) is 56.4 Å². The van der Waals surface area contributed by atoms with Crippen LogP contribution in [0.5, 0.6) is 17.2 Å². The van der Waals surface area contributed by atoms with Crippen LogP contribution in [0.25, 0.3) is 10.9 Å². The second kappa shape index (κ2) is 18.4. The number of pyridine rings is 1. The predicted molar refractivity (Wildman–Crippen MR) is 234 cm³/mol. The molecule has 1 aromatic heterocycles. The molecule has 0 spiro atoms. The maximum absolute atomic E-state index is 14.1. The molecule has 0 unspecified atom stereocenters. The Morgan fingerprint density at radius 1 is 1.00 bits per heavy atom. The van der Waals surface area contributed by atoms with Gasteiger partial charge in [0.2, 0.25) is 9.84 Å². The molecule has 1 aliphatic heterocycles. The molecule has 8 N–H and O–H groups in total. The highest BCUT2D eigenvalue weighted by Gasteiger charge is 2.25. The summed E-state index contributed by atoms with van der Waals surface area (Å²) in [5.41, 5.74) is 9.66. The molecule has 316 valence electrons. The number of methoxy groups -OCH3 is 1. The molecule has 2 heterocycles. The molecule has 1 atom stereocenters. The van der Waals surface area contributed by atoms with Crippen molar-refractivity contribution in [3.63, 3.8) is 0 Å². The largest absolute Gasteiger partial charge is 0.508 e. The van der Waals surface area contributed by atoms with Crippen molar-refractivity contribution in [3.05, 3.63) is 131 Å². The zero-order chi connectivity index (χ0) is 44.0. The molecule has 5 aromatic carbocycles. The number of nitrogens with one attached hydrogen (secondary N) is 4. The Hall–Kier alpha value is -7.45. The lowest BCUT2D eigenvalue weighted by atomic mass is 10.1. The quantitative estimate of drug-likeness (QED) is 0.0496. The van der Waals surface area contributed by atoms with Gasteiger partial charge >= 0.3 is 0 Å². The summed E-state index contributed by atoms with van der Waals surface area (Å²) in [6.07, 6.45) is 1.64. The number of aryl methyl sites for hydroxylation is 1. The monoisotopic (exact) mass is 854 g/mol. The normalized spacial score (nSPS) is 12.5. The van der Waals surface area contributed by atoms with Gasteiger partial charge in [0.25, 0.3) is 17.7 Å². The Morgan fingerprint density at radius 3 is 2.56 bits per heavy atom. The fraction of sp³-hybridized carbons (Fsp3) is 0.174. The number of phenols is 1. The number of rotatable bonds is 14. The first-order valence-electron chi connectivity index (χ1n) is 19.4. The van der Waals surface area contributed by atoms with Gasteiger partial charge in [-0.2, -0.15) is 0 Å². The fourth-order valence-electron chi connectivity index (χ4n) is 6.83. The number of phenolic OH excluding ortho intramolecular Hbond substituents is 1. The number of aliphatic hydroxyl groups is 1. The van der Waals surface area contributed by atoms with E-state index in [1.165, 1.54) is 61.8 Å². The zero-order valence-electron chi connectivity index (χ0n) is 33.6. The summed E-state index contributed by atoms with van der Waals surface area (Å²) >= 11 is 0. The molecule has 16 heteroatoms. The first-order chi connectivity index (χ1) is 29.8. The summed E-state index contributed by atoms with van der Waals surface area (Å²) in [5.74, 6) is 5.38. The molecule has 0 fully saturated rings. The van der Waals surface area contributed by atoms with Crippen molar-refractivity contribution < 1.29 is 42.5 Å². The van der Waals surface area contributed by atoms with Gasteiger partial charge in [0.05, 0.1) is 45.5 Å². The van der Waals surface area contributed by atoms with E-state index in [0.717, 1.165) is 5.56 Å². The van der Waals surface area contributed by atoms with Gasteiger partial charge in [-0.1, -0.05) is 24.0 Å². The number of nitrogens with zero attached hydrogens (tertiary/aromatic N) is 1. The molecule has 6 aromatic rings. The molecular weight excluding hydrogens is 813 g/mol. The van der Waals surface area contributed by atoms with Gasteiger partial charge in [0.15, 0.2) is 6.61 Å². The molecule has 0 saturated carbocycles. The maximum Gasteiger partial charge on any atom is 0.262 e. The molecule has 1 aliphatic rings. The van der Waals surface area contributed by atoms with E-state index in [1.54, 1.807) is 55.5 Å². The number of aromatic hydroxyl groups is 1. The van der Waals surface area contributed by atoms with Gasteiger partial charge in [-0.3, -0.25) is 19.4 Å². The minimum Gasteiger partial charge on any atom is -0.508 e. The van der Waals surface area contributed by atoms with Crippen LogP contribution < -0.4 is 36.5 Å². The van der Waals surface area contributed by atoms with E-state index in [9.17, 15) is 33.0 Å². The Bertz CT molecular complexity index is 2890. The van der Waals surface area contributed by atoms with Crippen LogP contribution in [0.2, 0.25) is 0 Å². The van der Waals surface area contributed by atoms with Crippen LogP contribution in [0, 0.1) is 18.8 Å². The van der Waals surface area contributed by atoms with Gasteiger partial charge in [-0.05, 0) is 98.2 Å². The third-order valence-electron chi connectivity index (χ3n) is 9.91. The molecule has 0 aliphatic carbocycles. The number of benzene rings is 5. The average Bonchev–Trinajstić information content (AvgIpc) is 3.26. The van der Waals surface area contributed by atoms with Gasteiger partial charge in [-0.25, -0.2) is 8.42 Å². The van der Waals surface area contributed by atoms with E-state index in [0.29, 0.717) is 70.0 Å². The number of aliphatic hydroxyl groups excluding tert-OH is 1. The van der Waals surface area contributed by atoms with Crippen LogP contribution in [0.3, 0.4) is 0 Å². The molecular formula is C46H42N6O9S. The SMILES string of the molecule is COc1cccc(Nc2c(C(N)=O)cnc3c(C)cc(S(=O)(=O)c4cccc(C(=O)Nc5ccc(C#CCCCNC[C@H](O)c6cc(O)cc7c6OCC(=O)N7)cc5)c4)cc23)c1. The first kappa shape index (κ1) is 42.7. The number of primary amides is 1. The van der Waals surface area contributed by atoms with E-state index in [1.807, 2.05) is 0 Å². The molecule has 0 saturated heterocycles. The third-order valence-corrected chi connectivity index (χ3v) is 11.6. The number of aromatic nitrogens is 1.